The molecule has 0 saturated carbocycles. The van der Waals surface area contributed by atoms with Crippen LogP contribution < -0.4 is 15.0 Å². The number of rotatable bonds is 6. The SMILES string of the molecule is Cc1ccc(OCC(=O)N[C@H](C(=O)N2CCc3ccccc32)C(C)C)cc1. The summed E-state index contributed by atoms with van der Waals surface area (Å²) in [4.78, 5) is 27.2. The minimum Gasteiger partial charge on any atom is -0.484 e. The summed E-state index contributed by atoms with van der Waals surface area (Å²) < 4.78 is 5.53. The Hall–Kier alpha value is -2.82. The minimum atomic E-state index is -0.578. The highest BCUT2D eigenvalue weighted by atomic mass is 16.5. The summed E-state index contributed by atoms with van der Waals surface area (Å²) in [5.74, 6) is 0.249. The molecule has 0 unspecified atom stereocenters. The largest absolute Gasteiger partial charge is 0.484 e. The van der Waals surface area contributed by atoms with Crippen LogP contribution in [0.15, 0.2) is 48.5 Å². The topological polar surface area (TPSA) is 58.6 Å². The Kier molecular flexibility index (Phi) is 5.79. The van der Waals surface area contributed by atoms with Gasteiger partial charge in [-0.15, -0.1) is 0 Å². The van der Waals surface area contributed by atoms with E-state index in [4.69, 9.17) is 4.74 Å². The number of nitrogens with zero attached hydrogens (tertiary/aromatic N) is 1. The first-order chi connectivity index (χ1) is 13.0. The van der Waals surface area contributed by atoms with Gasteiger partial charge in [0.1, 0.15) is 11.8 Å². The number of hydrogen-bond donors (Lipinski definition) is 1. The molecule has 1 atom stereocenters. The zero-order valence-corrected chi connectivity index (χ0v) is 16.1. The molecule has 0 aliphatic carbocycles. The van der Waals surface area contributed by atoms with E-state index in [1.165, 1.54) is 5.56 Å². The average molecular weight is 366 g/mol. The van der Waals surface area contributed by atoms with Crippen LogP contribution in [-0.4, -0.2) is 31.0 Å². The van der Waals surface area contributed by atoms with Crippen molar-refractivity contribution in [1.82, 2.24) is 5.32 Å². The summed E-state index contributed by atoms with van der Waals surface area (Å²) >= 11 is 0. The van der Waals surface area contributed by atoms with E-state index in [0.717, 1.165) is 17.7 Å². The lowest BCUT2D eigenvalue weighted by Crippen LogP contribution is -2.52. The Morgan fingerprint density at radius 1 is 1.11 bits per heavy atom. The molecule has 0 saturated heterocycles. The van der Waals surface area contributed by atoms with Crippen LogP contribution in [0.25, 0.3) is 0 Å². The second-order valence-electron chi connectivity index (χ2n) is 7.26. The first-order valence-corrected chi connectivity index (χ1v) is 9.34. The van der Waals surface area contributed by atoms with Gasteiger partial charge in [0.15, 0.2) is 6.61 Å². The van der Waals surface area contributed by atoms with E-state index in [1.54, 1.807) is 4.90 Å². The molecular formula is C22H26N2O3. The van der Waals surface area contributed by atoms with Crippen molar-refractivity contribution in [3.8, 4) is 5.75 Å². The highest BCUT2D eigenvalue weighted by Crippen LogP contribution is 2.28. The molecule has 0 radical (unpaired) electrons. The van der Waals surface area contributed by atoms with Gasteiger partial charge in [-0.3, -0.25) is 9.59 Å². The maximum absolute atomic E-state index is 13.1. The zero-order valence-electron chi connectivity index (χ0n) is 16.1. The highest BCUT2D eigenvalue weighted by molar-refractivity contribution is 6.01. The maximum atomic E-state index is 13.1. The van der Waals surface area contributed by atoms with E-state index in [2.05, 4.69) is 5.32 Å². The molecule has 1 N–H and O–H groups in total. The van der Waals surface area contributed by atoms with Gasteiger partial charge in [0.25, 0.3) is 5.91 Å². The lowest BCUT2D eigenvalue weighted by molar-refractivity contribution is -0.129. The molecule has 2 amide bonds. The smallest absolute Gasteiger partial charge is 0.258 e. The number of carbonyl (C=O) groups is 2. The number of benzene rings is 2. The van der Waals surface area contributed by atoms with E-state index in [1.807, 2.05) is 69.3 Å². The van der Waals surface area contributed by atoms with E-state index >= 15 is 0 Å². The van der Waals surface area contributed by atoms with Gasteiger partial charge in [-0.1, -0.05) is 49.7 Å². The second kappa shape index (κ2) is 8.25. The van der Waals surface area contributed by atoms with Crippen LogP contribution in [0, 0.1) is 12.8 Å². The number of carbonyl (C=O) groups excluding carboxylic acids is 2. The number of hydrogen-bond acceptors (Lipinski definition) is 3. The van der Waals surface area contributed by atoms with Gasteiger partial charge in [-0.05, 0) is 43.0 Å². The van der Waals surface area contributed by atoms with Crippen molar-refractivity contribution >= 4 is 17.5 Å². The Bertz CT molecular complexity index is 815. The molecule has 5 nitrogen and oxygen atoms in total. The third kappa shape index (κ3) is 4.48. The van der Waals surface area contributed by atoms with Crippen molar-refractivity contribution < 1.29 is 14.3 Å². The van der Waals surface area contributed by atoms with Crippen LogP contribution in [0.2, 0.25) is 0 Å². The number of amides is 2. The predicted molar refractivity (Wildman–Crippen MR) is 106 cm³/mol. The van der Waals surface area contributed by atoms with E-state index in [9.17, 15) is 9.59 Å². The van der Waals surface area contributed by atoms with Crippen molar-refractivity contribution in [2.45, 2.75) is 33.2 Å². The molecule has 1 aliphatic rings. The molecule has 0 fully saturated rings. The van der Waals surface area contributed by atoms with Gasteiger partial charge in [0, 0.05) is 12.2 Å². The van der Waals surface area contributed by atoms with Crippen LogP contribution in [0.3, 0.4) is 0 Å². The monoisotopic (exact) mass is 366 g/mol. The fourth-order valence-corrected chi connectivity index (χ4v) is 3.25. The van der Waals surface area contributed by atoms with Crippen LogP contribution in [-0.2, 0) is 16.0 Å². The third-order valence-corrected chi connectivity index (χ3v) is 4.79. The molecule has 27 heavy (non-hydrogen) atoms. The van der Waals surface area contributed by atoms with Gasteiger partial charge in [-0.2, -0.15) is 0 Å². The summed E-state index contributed by atoms with van der Waals surface area (Å²) in [6.07, 6.45) is 0.844. The van der Waals surface area contributed by atoms with Gasteiger partial charge < -0.3 is 15.0 Å². The molecular weight excluding hydrogens is 340 g/mol. The fraction of sp³-hybridized carbons (Fsp3) is 0.364. The number of anilines is 1. The number of fused-ring (bicyclic) bond motifs is 1. The Morgan fingerprint density at radius 2 is 1.81 bits per heavy atom. The van der Waals surface area contributed by atoms with Crippen molar-refractivity contribution in [2.75, 3.05) is 18.1 Å². The maximum Gasteiger partial charge on any atom is 0.258 e. The van der Waals surface area contributed by atoms with Crippen LogP contribution in [0.1, 0.15) is 25.0 Å². The molecule has 0 bridgehead atoms. The number of ether oxygens (including phenoxy) is 1. The number of nitrogens with one attached hydrogen (secondary N) is 1. The summed E-state index contributed by atoms with van der Waals surface area (Å²) in [5, 5.41) is 2.85. The average Bonchev–Trinajstić information content (AvgIpc) is 3.09. The summed E-state index contributed by atoms with van der Waals surface area (Å²) in [7, 11) is 0. The van der Waals surface area contributed by atoms with Crippen LogP contribution in [0.4, 0.5) is 5.69 Å². The molecule has 0 spiro atoms. The summed E-state index contributed by atoms with van der Waals surface area (Å²) in [5.41, 5.74) is 3.24. The minimum absolute atomic E-state index is 0.0198. The molecule has 1 aliphatic heterocycles. The summed E-state index contributed by atoms with van der Waals surface area (Å²) in [6, 6.07) is 14.9. The standard InChI is InChI=1S/C22H26N2O3/c1-15(2)21(22(26)24-13-12-17-6-4-5-7-19(17)24)23-20(25)14-27-18-10-8-16(3)9-11-18/h4-11,15,21H,12-14H2,1-3H3,(H,23,25)/t21-/m0/s1. The summed E-state index contributed by atoms with van der Waals surface area (Å²) in [6.45, 7) is 6.40. The molecule has 2 aromatic rings. The molecule has 1 heterocycles. The molecule has 3 rings (SSSR count). The van der Waals surface area contributed by atoms with Crippen LogP contribution >= 0.6 is 0 Å². The third-order valence-electron chi connectivity index (χ3n) is 4.79. The van der Waals surface area contributed by atoms with Gasteiger partial charge in [0.2, 0.25) is 5.91 Å². The Labute approximate surface area is 160 Å². The zero-order chi connectivity index (χ0) is 19.4. The van der Waals surface area contributed by atoms with Crippen molar-refractivity contribution in [2.24, 2.45) is 5.92 Å². The van der Waals surface area contributed by atoms with Gasteiger partial charge in [0.05, 0.1) is 0 Å². The lowest BCUT2D eigenvalue weighted by Gasteiger charge is -2.27. The lowest BCUT2D eigenvalue weighted by atomic mass is 10.0. The van der Waals surface area contributed by atoms with Crippen LogP contribution in [0.5, 0.6) is 5.75 Å². The predicted octanol–water partition coefficient (Wildman–Crippen LogP) is 3.10. The van der Waals surface area contributed by atoms with Gasteiger partial charge >= 0.3 is 0 Å². The Balaban J connectivity index is 1.62. The number of aryl methyl sites for hydroxylation is 1. The van der Waals surface area contributed by atoms with E-state index in [-0.39, 0.29) is 24.3 Å². The molecule has 0 aromatic heterocycles. The van der Waals surface area contributed by atoms with Crippen molar-refractivity contribution in [3.05, 3.63) is 59.7 Å². The van der Waals surface area contributed by atoms with Crippen molar-refractivity contribution in [3.63, 3.8) is 0 Å². The molecule has 2 aromatic carbocycles. The second-order valence-corrected chi connectivity index (χ2v) is 7.26. The normalized spacial score (nSPS) is 14.0. The fourth-order valence-electron chi connectivity index (χ4n) is 3.25. The number of para-hydroxylation sites is 1. The first-order valence-electron chi connectivity index (χ1n) is 9.34. The van der Waals surface area contributed by atoms with E-state index < -0.39 is 6.04 Å². The van der Waals surface area contributed by atoms with E-state index in [0.29, 0.717) is 12.3 Å². The van der Waals surface area contributed by atoms with Crippen molar-refractivity contribution in [1.29, 1.82) is 0 Å². The molecule has 142 valence electrons. The quantitative estimate of drug-likeness (QED) is 0.855. The molecule has 5 heteroatoms. The Morgan fingerprint density at radius 3 is 2.52 bits per heavy atom. The first kappa shape index (κ1) is 19.0. The highest BCUT2D eigenvalue weighted by Gasteiger charge is 2.32. The van der Waals surface area contributed by atoms with Gasteiger partial charge in [-0.25, -0.2) is 0 Å².